The molecule has 0 spiro atoms. The highest BCUT2D eigenvalue weighted by Gasteiger charge is 2.15. The van der Waals surface area contributed by atoms with Crippen LogP contribution in [0.25, 0.3) is 11.0 Å². The van der Waals surface area contributed by atoms with E-state index in [0.29, 0.717) is 17.7 Å². The van der Waals surface area contributed by atoms with Crippen molar-refractivity contribution in [1.82, 2.24) is 0 Å². The molecule has 0 aliphatic heterocycles. The number of phenols is 1. The Bertz CT molecular complexity index is 1010. The van der Waals surface area contributed by atoms with Crippen LogP contribution in [0.4, 0.5) is 0 Å². The summed E-state index contributed by atoms with van der Waals surface area (Å²) in [6.07, 6.45) is 0. The highest BCUT2D eigenvalue weighted by atomic mass is 79.9. The first-order valence-corrected chi connectivity index (χ1v) is 9.07. The summed E-state index contributed by atoms with van der Waals surface area (Å²) in [5.74, 6) is 0.961. The van der Waals surface area contributed by atoms with E-state index in [4.69, 9.17) is 9.15 Å². The molecule has 0 amide bonds. The summed E-state index contributed by atoms with van der Waals surface area (Å²) < 4.78 is 11.8. The summed E-state index contributed by atoms with van der Waals surface area (Å²) in [6, 6.07) is 10.9. The van der Waals surface area contributed by atoms with Crippen molar-refractivity contribution in [3.8, 4) is 11.5 Å². The van der Waals surface area contributed by atoms with E-state index in [0.717, 1.165) is 33.3 Å². The number of fused-ring (bicyclic) bond motifs is 1. The lowest BCUT2D eigenvalue weighted by Crippen LogP contribution is -3.06. The number of benzene rings is 2. The van der Waals surface area contributed by atoms with Crippen molar-refractivity contribution in [2.75, 3.05) is 14.2 Å². The topological polar surface area (TPSA) is 64.1 Å². The Morgan fingerprint density at radius 2 is 1.88 bits per heavy atom. The second-order valence-electron chi connectivity index (χ2n) is 6.44. The van der Waals surface area contributed by atoms with E-state index in [9.17, 15) is 9.90 Å². The Morgan fingerprint density at radius 3 is 2.62 bits per heavy atom. The van der Waals surface area contributed by atoms with Gasteiger partial charge in [-0.25, -0.2) is 4.79 Å². The number of methoxy groups -OCH3 is 1. The zero-order valence-corrected chi connectivity index (χ0v) is 16.5. The highest BCUT2D eigenvalue weighted by Crippen LogP contribution is 2.27. The summed E-state index contributed by atoms with van der Waals surface area (Å²) in [5, 5.41) is 10.7. The predicted octanol–water partition coefficient (Wildman–Crippen LogP) is 2.79. The van der Waals surface area contributed by atoms with Crippen molar-refractivity contribution in [2.24, 2.45) is 0 Å². The molecule has 1 aromatic heterocycles. The number of halogens is 1. The van der Waals surface area contributed by atoms with Gasteiger partial charge in [-0.2, -0.15) is 0 Å². The molecule has 26 heavy (non-hydrogen) atoms. The molecule has 1 unspecified atom stereocenters. The normalized spacial score (nSPS) is 12.3. The van der Waals surface area contributed by atoms with Gasteiger partial charge in [-0.05, 0) is 37.3 Å². The number of nitrogens with one attached hydrogen (secondary N) is 1. The second kappa shape index (κ2) is 7.51. The molecule has 0 bridgehead atoms. The summed E-state index contributed by atoms with van der Waals surface area (Å²) in [5.41, 5.74) is 2.59. The molecule has 136 valence electrons. The molecule has 1 heterocycles. The molecule has 0 radical (unpaired) electrons. The van der Waals surface area contributed by atoms with Crippen LogP contribution in [0.5, 0.6) is 11.5 Å². The molecule has 2 aromatic carbocycles. The summed E-state index contributed by atoms with van der Waals surface area (Å²) in [7, 11) is 3.72. The third-order valence-corrected chi connectivity index (χ3v) is 4.94. The first-order chi connectivity index (χ1) is 12.4. The van der Waals surface area contributed by atoms with E-state index in [1.807, 2.05) is 18.2 Å². The zero-order chi connectivity index (χ0) is 18.8. The van der Waals surface area contributed by atoms with Crippen molar-refractivity contribution in [1.29, 1.82) is 0 Å². The van der Waals surface area contributed by atoms with Crippen LogP contribution < -0.4 is 15.3 Å². The number of aryl methyl sites for hydroxylation is 1. The molecule has 0 aliphatic carbocycles. The van der Waals surface area contributed by atoms with E-state index in [1.165, 1.54) is 11.0 Å². The number of rotatable bonds is 5. The molecular formula is C20H21BrNO4+. The van der Waals surface area contributed by atoms with Gasteiger partial charge in [0.15, 0.2) is 0 Å². The highest BCUT2D eigenvalue weighted by molar-refractivity contribution is 9.10. The molecule has 3 rings (SSSR count). The quantitative estimate of drug-likeness (QED) is 0.625. The minimum absolute atomic E-state index is 0.123. The van der Waals surface area contributed by atoms with Crippen LogP contribution in [0.2, 0.25) is 0 Å². The Morgan fingerprint density at radius 1 is 1.15 bits per heavy atom. The first kappa shape index (κ1) is 18.5. The maximum atomic E-state index is 12.0. The van der Waals surface area contributed by atoms with Gasteiger partial charge in [-0.3, -0.25) is 0 Å². The Hall–Kier alpha value is -2.31. The number of quaternary nitrogens is 1. The monoisotopic (exact) mass is 418 g/mol. The van der Waals surface area contributed by atoms with Crippen LogP contribution in [-0.4, -0.2) is 19.3 Å². The number of phenolic OH excluding ortho intramolecular Hbond substituents is 1. The lowest BCUT2D eigenvalue weighted by molar-refractivity contribution is -0.907. The van der Waals surface area contributed by atoms with Gasteiger partial charge in [-0.1, -0.05) is 15.9 Å². The second-order valence-corrected chi connectivity index (χ2v) is 7.36. The van der Waals surface area contributed by atoms with Gasteiger partial charge in [0.1, 0.15) is 30.2 Å². The molecule has 0 aliphatic rings. The van der Waals surface area contributed by atoms with Crippen LogP contribution >= 0.6 is 15.9 Å². The van der Waals surface area contributed by atoms with Crippen molar-refractivity contribution < 1.29 is 19.2 Å². The van der Waals surface area contributed by atoms with Crippen molar-refractivity contribution in [3.63, 3.8) is 0 Å². The van der Waals surface area contributed by atoms with Gasteiger partial charge in [0.05, 0.1) is 14.2 Å². The van der Waals surface area contributed by atoms with E-state index in [1.54, 1.807) is 26.2 Å². The Balaban J connectivity index is 1.93. The van der Waals surface area contributed by atoms with Gasteiger partial charge in [0.2, 0.25) is 0 Å². The van der Waals surface area contributed by atoms with Gasteiger partial charge >= 0.3 is 5.63 Å². The maximum Gasteiger partial charge on any atom is 0.336 e. The Kier molecular flexibility index (Phi) is 5.34. The van der Waals surface area contributed by atoms with E-state index in [-0.39, 0.29) is 5.75 Å². The van der Waals surface area contributed by atoms with Crippen LogP contribution in [0.1, 0.15) is 16.7 Å². The summed E-state index contributed by atoms with van der Waals surface area (Å²) in [6.45, 7) is 3.12. The molecule has 2 N–H and O–H groups in total. The predicted molar refractivity (Wildman–Crippen MR) is 104 cm³/mol. The number of hydrogen-bond acceptors (Lipinski definition) is 4. The molecule has 5 nitrogen and oxygen atoms in total. The van der Waals surface area contributed by atoms with Gasteiger partial charge < -0.3 is 19.2 Å². The minimum atomic E-state index is -0.408. The van der Waals surface area contributed by atoms with Crippen LogP contribution in [-0.2, 0) is 13.1 Å². The standard InChI is InChI=1S/C20H20BrNO4/c1-12-17(23)6-5-16-13(9-19(24)26-20(12)16)10-22(2)11-14-8-15(21)4-7-18(14)25-3/h4-9,23H,10-11H2,1-3H3/p+1. The van der Waals surface area contributed by atoms with E-state index in [2.05, 4.69) is 23.0 Å². The molecule has 3 aromatic rings. The fraction of sp³-hybridized carbons (Fsp3) is 0.250. The number of hydrogen-bond donors (Lipinski definition) is 2. The molecular weight excluding hydrogens is 398 g/mol. The van der Waals surface area contributed by atoms with Gasteiger partial charge in [0, 0.05) is 32.6 Å². The van der Waals surface area contributed by atoms with Crippen LogP contribution in [0, 0.1) is 6.92 Å². The third-order valence-electron chi connectivity index (χ3n) is 4.44. The number of ether oxygens (including phenoxy) is 1. The van der Waals surface area contributed by atoms with Crippen LogP contribution in [0.15, 0.2) is 50.1 Å². The molecule has 0 saturated heterocycles. The van der Waals surface area contributed by atoms with Crippen molar-refractivity contribution in [3.05, 3.63) is 68.0 Å². The smallest absolute Gasteiger partial charge is 0.336 e. The Labute approximate surface area is 159 Å². The molecule has 0 fully saturated rings. The SMILES string of the molecule is COc1ccc(Br)cc1C[NH+](C)Cc1cc(=O)oc2c(C)c(O)ccc12. The van der Waals surface area contributed by atoms with Gasteiger partial charge in [-0.15, -0.1) is 0 Å². The average Bonchev–Trinajstić information content (AvgIpc) is 2.58. The molecule has 1 atom stereocenters. The van der Waals surface area contributed by atoms with Crippen molar-refractivity contribution in [2.45, 2.75) is 20.0 Å². The van der Waals surface area contributed by atoms with E-state index < -0.39 is 5.63 Å². The lowest BCUT2D eigenvalue weighted by Gasteiger charge is -2.17. The summed E-state index contributed by atoms with van der Waals surface area (Å²) in [4.78, 5) is 13.2. The fourth-order valence-electron chi connectivity index (χ4n) is 3.16. The minimum Gasteiger partial charge on any atom is -0.508 e. The first-order valence-electron chi connectivity index (χ1n) is 8.28. The lowest BCUT2D eigenvalue weighted by atomic mass is 10.1. The maximum absolute atomic E-state index is 12.0. The average molecular weight is 419 g/mol. The number of aromatic hydroxyl groups is 1. The fourth-order valence-corrected chi connectivity index (χ4v) is 3.57. The zero-order valence-electron chi connectivity index (χ0n) is 14.9. The molecule has 6 heteroatoms. The largest absolute Gasteiger partial charge is 0.508 e. The van der Waals surface area contributed by atoms with Crippen LogP contribution in [0.3, 0.4) is 0 Å². The third kappa shape index (κ3) is 3.76. The van der Waals surface area contributed by atoms with Crippen molar-refractivity contribution >= 4 is 26.9 Å². The van der Waals surface area contributed by atoms with Gasteiger partial charge in [0.25, 0.3) is 0 Å². The van der Waals surface area contributed by atoms with E-state index >= 15 is 0 Å². The summed E-state index contributed by atoms with van der Waals surface area (Å²) >= 11 is 3.50. The molecule has 0 saturated carbocycles.